The normalized spacial score (nSPS) is 14.3. The first-order valence-corrected chi connectivity index (χ1v) is 6.82. The second-order valence-corrected chi connectivity index (χ2v) is 4.57. The summed E-state index contributed by atoms with van der Waals surface area (Å²) in [6.07, 6.45) is 2.19. The summed E-state index contributed by atoms with van der Waals surface area (Å²) < 4.78 is 0. The lowest BCUT2D eigenvalue weighted by Gasteiger charge is -2.31. The standard InChI is InChI=1S/C13H25NO5/c1-3-11(15)14(4-2)10(13(18)19)8-6-5-7-9-12(16)17/h10-11,15H,3-9H2,1-2H3,(H,16,17)(H,18,19). The van der Waals surface area contributed by atoms with Gasteiger partial charge in [0.25, 0.3) is 0 Å². The highest BCUT2D eigenvalue weighted by atomic mass is 16.4. The van der Waals surface area contributed by atoms with E-state index in [1.165, 1.54) is 0 Å². The molecule has 0 fully saturated rings. The van der Waals surface area contributed by atoms with Crippen LogP contribution in [-0.4, -0.2) is 51.0 Å². The van der Waals surface area contributed by atoms with Gasteiger partial charge in [-0.25, -0.2) is 0 Å². The minimum atomic E-state index is -0.937. The van der Waals surface area contributed by atoms with Gasteiger partial charge in [-0.2, -0.15) is 0 Å². The highest BCUT2D eigenvalue weighted by Crippen LogP contribution is 2.15. The number of carbonyl (C=O) groups is 2. The Morgan fingerprint density at radius 1 is 1.11 bits per heavy atom. The van der Waals surface area contributed by atoms with Gasteiger partial charge in [-0.1, -0.05) is 26.7 Å². The largest absolute Gasteiger partial charge is 0.481 e. The number of likely N-dealkylation sites (N-methyl/N-ethyl adjacent to an activating group) is 1. The molecule has 0 aromatic heterocycles. The molecular formula is C13H25NO5. The summed E-state index contributed by atoms with van der Waals surface area (Å²) >= 11 is 0. The molecule has 6 heteroatoms. The van der Waals surface area contributed by atoms with Gasteiger partial charge in [0.05, 0.1) is 0 Å². The summed E-state index contributed by atoms with van der Waals surface area (Å²) in [5.41, 5.74) is 0. The van der Waals surface area contributed by atoms with Gasteiger partial charge < -0.3 is 15.3 Å². The third-order valence-corrected chi connectivity index (χ3v) is 3.17. The second-order valence-electron chi connectivity index (χ2n) is 4.57. The van der Waals surface area contributed by atoms with E-state index in [9.17, 15) is 19.8 Å². The van der Waals surface area contributed by atoms with E-state index in [1.807, 2.05) is 6.92 Å². The number of carboxylic acid groups (broad SMARTS) is 2. The lowest BCUT2D eigenvalue weighted by Crippen LogP contribution is -2.47. The van der Waals surface area contributed by atoms with Gasteiger partial charge in [-0.15, -0.1) is 0 Å². The van der Waals surface area contributed by atoms with Crippen LogP contribution in [0.1, 0.15) is 52.4 Å². The van der Waals surface area contributed by atoms with Gasteiger partial charge in [0.2, 0.25) is 0 Å². The summed E-state index contributed by atoms with van der Waals surface area (Å²) in [7, 11) is 0. The van der Waals surface area contributed by atoms with Crippen LogP contribution in [0, 0.1) is 0 Å². The second kappa shape index (κ2) is 9.75. The van der Waals surface area contributed by atoms with E-state index in [0.29, 0.717) is 38.6 Å². The molecule has 112 valence electrons. The van der Waals surface area contributed by atoms with Crippen LogP contribution in [0.5, 0.6) is 0 Å². The fraction of sp³-hybridized carbons (Fsp3) is 0.846. The van der Waals surface area contributed by atoms with E-state index >= 15 is 0 Å². The molecule has 2 atom stereocenters. The fourth-order valence-electron chi connectivity index (χ4n) is 2.10. The number of unbranched alkanes of at least 4 members (excludes halogenated alkanes) is 2. The van der Waals surface area contributed by atoms with Crippen LogP contribution < -0.4 is 0 Å². The molecule has 2 unspecified atom stereocenters. The zero-order valence-electron chi connectivity index (χ0n) is 11.7. The van der Waals surface area contributed by atoms with Gasteiger partial charge >= 0.3 is 11.9 Å². The number of nitrogens with zero attached hydrogens (tertiary/aromatic N) is 1. The SMILES string of the molecule is CCC(O)N(CC)C(CCCCCC(=O)O)C(=O)O. The molecule has 0 spiro atoms. The lowest BCUT2D eigenvalue weighted by atomic mass is 10.1. The number of hydrogen-bond donors (Lipinski definition) is 3. The number of aliphatic hydroxyl groups excluding tert-OH is 1. The minimum Gasteiger partial charge on any atom is -0.481 e. The van der Waals surface area contributed by atoms with Crippen molar-refractivity contribution in [2.75, 3.05) is 6.54 Å². The molecular weight excluding hydrogens is 250 g/mol. The third kappa shape index (κ3) is 7.12. The molecule has 0 radical (unpaired) electrons. The van der Waals surface area contributed by atoms with Crippen LogP contribution in [0.2, 0.25) is 0 Å². The Balaban J connectivity index is 4.25. The van der Waals surface area contributed by atoms with Crippen molar-refractivity contribution in [2.24, 2.45) is 0 Å². The summed E-state index contributed by atoms with van der Waals surface area (Å²) in [4.78, 5) is 23.2. The summed E-state index contributed by atoms with van der Waals surface area (Å²) in [5, 5.41) is 27.5. The summed E-state index contributed by atoms with van der Waals surface area (Å²) in [6, 6.07) is -0.704. The molecule has 0 saturated carbocycles. The quantitative estimate of drug-likeness (QED) is 0.391. The maximum absolute atomic E-state index is 11.2. The third-order valence-electron chi connectivity index (χ3n) is 3.17. The molecule has 0 aromatic rings. The number of aliphatic carboxylic acids is 2. The average molecular weight is 275 g/mol. The smallest absolute Gasteiger partial charge is 0.320 e. The lowest BCUT2D eigenvalue weighted by molar-refractivity contribution is -0.149. The number of rotatable bonds is 11. The zero-order valence-corrected chi connectivity index (χ0v) is 11.7. The molecule has 0 saturated heterocycles. The maximum atomic E-state index is 11.2. The molecule has 0 aliphatic carbocycles. The Labute approximate surface area is 114 Å². The maximum Gasteiger partial charge on any atom is 0.320 e. The van der Waals surface area contributed by atoms with Crippen molar-refractivity contribution in [2.45, 2.75) is 64.6 Å². The molecule has 0 amide bonds. The predicted molar refractivity (Wildman–Crippen MR) is 70.8 cm³/mol. The molecule has 0 aliphatic heterocycles. The van der Waals surface area contributed by atoms with Crippen LogP contribution >= 0.6 is 0 Å². The fourth-order valence-corrected chi connectivity index (χ4v) is 2.10. The molecule has 6 nitrogen and oxygen atoms in total. The van der Waals surface area contributed by atoms with E-state index in [2.05, 4.69) is 0 Å². The molecule has 19 heavy (non-hydrogen) atoms. The van der Waals surface area contributed by atoms with Crippen LogP contribution in [0.25, 0.3) is 0 Å². The Hall–Kier alpha value is -1.14. The topological polar surface area (TPSA) is 98.1 Å². The van der Waals surface area contributed by atoms with Crippen LogP contribution in [0.3, 0.4) is 0 Å². The highest BCUT2D eigenvalue weighted by Gasteiger charge is 2.27. The van der Waals surface area contributed by atoms with Gasteiger partial charge in [0.1, 0.15) is 12.3 Å². The predicted octanol–water partition coefficient (Wildman–Crippen LogP) is 1.52. The zero-order chi connectivity index (χ0) is 14.8. The van der Waals surface area contributed by atoms with Gasteiger partial charge in [0, 0.05) is 6.42 Å². The van der Waals surface area contributed by atoms with Crippen molar-refractivity contribution in [3.63, 3.8) is 0 Å². The first-order chi connectivity index (χ1) is 8.93. The number of hydrogen-bond acceptors (Lipinski definition) is 4. The minimum absolute atomic E-state index is 0.118. The molecule has 0 aliphatic rings. The van der Waals surface area contributed by atoms with Gasteiger partial charge in [0.15, 0.2) is 0 Å². The van der Waals surface area contributed by atoms with Crippen molar-refractivity contribution in [1.29, 1.82) is 0 Å². The highest BCUT2D eigenvalue weighted by molar-refractivity contribution is 5.73. The average Bonchev–Trinajstić information content (AvgIpc) is 2.35. The van der Waals surface area contributed by atoms with Crippen molar-refractivity contribution >= 4 is 11.9 Å². The van der Waals surface area contributed by atoms with Crippen molar-refractivity contribution in [1.82, 2.24) is 4.90 Å². The van der Waals surface area contributed by atoms with Gasteiger partial charge in [-0.05, 0) is 25.8 Å². The first kappa shape index (κ1) is 17.9. The van der Waals surface area contributed by atoms with E-state index in [4.69, 9.17) is 5.11 Å². The van der Waals surface area contributed by atoms with E-state index in [-0.39, 0.29) is 6.42 Å². The number of aliphatic hydroxyl groups is 1. The van der Waals surface area contributed by atoms with Crippen molar-refractivity contribution < 1.29 is 24.9 Å². The molecule has 3 N–H and O–H groups in total. The van der Waals surface area contributed by atoms with E-state index in [0.717, 1.165) is 0 Å². The molecule has 0 heterocycles. The Morgan fingerprint density at radius 3 is 2.16 bits per heavy atom. The van der Waals surface area contributed by atoms with Crippen LogP contribution in [0.4, 0.5) is 0 Å². The molecule has 0 aromatic carbocycles. The monoisotopic (exact) mass is 275 g/mol. The first-order valence-electron chi connectivity index (χ1n) is 6.82. The van der Waals surface area contributed by atoms with Crippen LogP contribution in [0.15, 0.2) is 0 Å². The molecule has 0 rings (SSSR count). The number of carboxylic acids is 2. The Morgan fingerprint density at radius 2 is 1.74 bits per heavy atom. The summed E-state index contributed by atoms with van der Waals surface area (Å²) in [6.45, 7) is 4.10. The van der Waals surface area contributed by atoms with E-state index < -0.39 is 24.2 Å². The van der Waals surface area contributed by atoms with Gasteiger partial charge in [-0.3, -0.25) is 14.5 Å². The van der Waals surface area contributed by atoms with E-state index in [1.54, 1.807) is 11.8 Å². The summed E-state index contributed by atoms with van der Waals surface area (Å²) in [5.74, 6) is -1.76. The van der Waals surface area contributed by atoms with Crippen molar-refractivity contribution in [3.8, 4) is 0 Å². The Kier molecular flexibility index (Phi) is 9.16. The van der Waals surface area contributed by atoms with Crippen LogP contribution in [-0.2, 0) is 9.59 Å². The molecule has 0 bridgehead atoms. The Bertz CT molecular complexity index is 282. The van der Waals surface area contributed by atoms with Crippen molar-refractivity contribution in [3.05, 3.63) is 0 Å².